The van der Waals surface area contributed by atoms with Gasteiger partial charge in [-0.15, -0.1) is 0 Å². The smallest absolute Gasteiger partial charge is 0.233 e. The second kappa shape index (κ2) is 11.4. The van der Waals surface area contributed by atoms with Crippen LogP contribution in [-0.4, -0.2) is 41.1 Å². The summed E-state index contributed by atoms with van der Waals surface area (Å²) in [7, 11) is 0. The summed E-state index contributed by atoms with van der Waals surface area (Å²) in [5.41, 5.74) is 4.78. The van der Waals surface area contributed by atoms with Crippen molar-refractivity contribution in [3.8, 4) is 5.75 Å². The Morgan fingerprint density at radius 1 is 1.11 bits per heavy atom. The largest absolute Gasteiger partial charge is 0.507 e. The number of phenols is 1. The minimum Gasteiger partial charge on any atom is -0.507 e. The Balaban J connectivity index is 1.56. The third kappa shape index (κ3) is 5.29. The van der Waals surface area contributed by atoms with Gasteiger partial charge >= 0.3 is 0 Å². The van der Waals surface area contributed by atoms with Gasteiger partial charge in [-0.3, -0.25) is 14.5 Å². The maximum atomic E-state index is 13.3. The highest BCUT2D eigenvalue weighted by Gasteiger charge is 2.56. The first-order valence-corrected chi connectivity index (χ1v) is 14.0. The SMILES string of the molecule is CCCC1=C2[C@@H](CC/C(=C/c3cc(Br)ccc3O)CCC)OC[C@@H]2[C@@H]2C(=O)N(CCC)C(=O)[C@@H]2C1. The first-order valence-electron chi connectivity index (χ1n) is 13.3. The van der Waals surface area contributed by atoms with Gasteiger partial charge in [0.25, 0.3) is 0 Å². The highest BCUT2D eigenvalue weighted by atomic mass is 79.9. The van der Waals surface area contributed by atoms with Crippen molar-refractivity contribution in [1.29, 1.82) is 0 Å². The van der Waals surface area contributed by atoms with E-state index < -0.39 is 0 Å². The summed E-state index contributed by atoms with van der Waals surface area (Å²) in [6.45, 7) is 7.42. The van der Waals surface area contributed by atoms with Gasteiger partial charge in [0.2, 0.25) is 11.8 Å². The van der Waals surface area contributed by atoms with Crippen molar-refractivity contribution in [2.75, 3.05) is 13.2 Å². The molecule has 0 unspecified atom stereocenters. The number of ether oxygens (including phenoxy) is 1. The molecule has 2 saturated heterocycles. The van der Waals surface area contributed by atoms with E-state index in [-0.39, 0.29) is 41.4 Å². The number of likely N-dealkylation sites (tertiary alicyclic amines) is 1. The van der Waals surface area contributed by atoms with Gasteiger partial charge in [-0.05, 0) is 62.3 Å². The maximum absolute atomic E-state index is 13.3. The topological polar surface area (TPSA) is 66.8 Å². The van der Waals surface area contributed by atoms with Crippen LogP contribution in [0.25, 0.3) is 6.08 Å². The van der Waals surface area contributed by atoms with Gasteiger partial charge in [0.15, 0.2) is 0 Å². The van der Waals surface area contributed by atoms with Crippen molar-refractivity contribution < 1.29 is 19.4 Å². The number of allylic oxidation sites excluding steroid dienone is 2. The van der Waals surface area contributed by atoms with Crippen LogP contribution in [-0.2, 0) is 14.3 Å². The third-order valence-corrected chi connectivity index (χ3v) is 8.24. The molecule has 0 aromatic heterocycles. The summed E-state index contributed by atoms with van der Waals surface area (Å²) in [5.74, 6) is -0.0981. The van der Waals surface area contributed by atoms with E-state index in [9.17, 15) is 14.7 Å². The number of fused-ring (bicyclic) bond motifs is 3. The number of halogens is 1. The van der Waals surface area contributed by atoms with Gasteiger partial charge in [-0.1, -0.05) is 66.8 Å². The predicted molar refractivity (Wildman–Crippen MR) is 142 cm³/mol. The van der Waals surface area contributed by atoms with Crippen LogP contribution in [0.1, 0.15) is 77.7 Å². The zero-order valence-electron chi connectivity index (χ0n) is 21.2. The molecule has 2 fully saturated rings. The summed E-state index contributed by atoms with van der Waals surface area (Å²) in [6, 6.07) is 5.50. The Morgan fingerprint density at radius 3 is 2.63 bits per heavy atom. The van der Waals surface area contributed by atoms with Gasteiger partial charge in [0, 0.05) is 22.5 Å². The van der Waals surface area contributed by atoms with E-state index >= 15 is 0 Å². The highest BCUT2D eigenvalue weighted by molar-refractivity contribution is 9.10. The summed E-state index contributed by atoms with van der Waals surface area (Å²) in [5, 5.41) is 10.3. The Bertz CT molecular complexity index is 1030. The number of carbonyl (C=O) groups excluding carboxylic acids is 2. The van der Waals surface area contributed by atoms with Crippen LogP contribution in [0.3, 0.4) is 0 Å². The molecule has 0 radical (unpaired) electrons. The molecule has 35 heavy (non-hydrogen) atoms. The normalized spacial score (nSPS) is 26.5. The molecule has 0 spiro atoms. The number of phenolic OH excluding ortho intramolecular Hbond substituents is 1. The molecule has 6 heteroatoms. The molecule has 1 aliphatic carbocycles. The lowest BCUT2D eigenvalue weighted by Gasteiger charge is -2.32. The minimum atomic E-state index is -0.251. The molecule has 190 valence electrons. The number of amides is 2. The lowest BCUT2D eigenvalue weighted by Crippen LogP contribution is -2.34. The summed E-state index contributed by atoms with van der Waals surface area (Å²) >= 11 is 3.50. The van der Waals surface area contributed by atoms with Gasteiger partial charge in [0.1, 0.15) is 5.75 Å². The van der Waals surface area contributed by atoms with Crippen molar-refractivity contribution >= 4 is 33.8 Å². The fourth-order valence-corrected chi connectivity index (χ4v) is 6.67. The molecule has 4 rings (SSSR count). The number of imide groups is 1. The van der Waals surface area contributed by atoms with Gasteiger partial charge in [-0.2, -0.15) is 0 Å². The van der Waals surface area contributed by atoms with Crippen LogP contribution in [0.15, 0.2) is 39.4 Å². The molecule has 5 nitrogen and oxygen atoms in total. The minimum absolute atomic E-state index is 0.00184. The van der Waals surface area contributed by atoms with Gasteiger partial charge < -0.3 is 9.84 Å². The molecule has 2 heterocycles. The van der Waals surface area contributed by atoms with Crippen molar-refractivity contribution in [3.63, 3.8) is 0 Å². The Hall–Kier alpha value is -1.92. The number of carbonyl (C=O) groups is 2. The average Bonchev–Trinajstić information content (AvgIpc) is 3.35. The van der Waals surface area contributed by atoms with Crippen LogP contribution in [0.5, 0.6) is 5.75 Å². The zero-order chi connectivity index (χ0) is 25.1. The summed E-state index contributed by atoms with van der Waals surface area (Å²) in [6.07, 6.45) is 9.34. The molecule has 2 aliphatic heterocycles. The second-order valence-corrected chi connectivity index (χ2v) is 11.1. The first-order chi connectivity index (χ1) is 16.9. The van der Waals surface area contributed by atoms with E-state index in [1.165, 1.54) is 21.6 Å². The molecule has 4 atom stereocenters. The van der Waals surface area contributed by atoms with Crippen molar-refractivity contribution in [3.05, 3.63) is 45.0 Å². The third-order valence-electron chi connectivity index (χ3n) is 7.75. The van der Waals surface area contributed by atoms with Crippen LogP contribution < -0.4 is 0 Å². The predicted octanol–water partition coefficient (Wildman–Crippen LogP) is 6.65. The molecular formula is C29H38BrNO4. The monoisotopic (exact) mass is 543 g/mol. The van der Waals surface area contributed by atoms with E-state index in [1.54, 1.807) is 6.07 Å². The molecule has 2 amide bonds. The number of hydrogen-bond donors (Lipinski definition) is 1. The summed E-state index contributed by atoms with van der Waals surface area (Å²) in [4.78, 5) is 27.9. The lowest BCUT2D eigenvalue weighted by atomic mass is 9.68. The second-order valence-electron chi connectivity index (χ2n) is 10.2. The van der Waals surface area contributed by atoms with Crippen molar-refractivity contribution in [1.82, 2.24) is 4.90 Å². The van der Waals surface area contributed by atoms with Crippen LogP contribution in [0.4, 0.5) is 0 Å². The molecular weight excluding hydrogens is 506 g/mol. The van der Waals surface area contributed by atoms with Crippen LogP contribution >= 0.6 is 15.9 Å². The zero-order valence-corrected chi connectivity index (χ0v) is 22.8. The first kappa shape index (κ1) is 26.2. The number of rotatable bonds is 10. The summed E-state index contributed by atoms with van der Waals surface area (Å²) < 4.78 is 7.30. The molecule has 3 aliphatic rings. The maximum Gasteiger partial charge on any atom is 0.233 e. The van der Waals surface area contributed by atoms with E-state index in [0.29, 0.717) is 19.6 Å². The van der Waals surface area contributed by atoms with E-state index in [0.717, 1.165) is 55.0 Å². The molecule has 0 bridgehead atoms. The molecule has 1 aromatic rings. The van der Waals surface area contributed by atoms with Gasteiger partial charge in [0.05, 0.1) is 24.5 Å². The number of hydrogen-bond acceptors (Lipinski definition) is 4. The van der Waals surface area contributed by atoms with E-state index in [2.05, 4.69) is 35.9 Å². The van der Waals surface area contributed by atoms with Crippen molar-refractivity contribution in [2.24, 2.45) is 17.8 Å². The quantitative estimate of drug-likeness (QED) is 0.265. The van der Waals surface area contributed by atoms with E-state index in [1.807, 2.05) is 19.1 Å². The number of aromatic hydroxyl groups is 1. The number of nitrogens with zero attached hydrogens (tertiary/aromatic N) is 1. The lowest BCUT2D eigenvalue weighted by molar-refractivity contribution is -0.140. The Kier molecular flexibility index (Phi) is 8.54. The Morgan fingerprint density at radius 2 is 1.91 bits per heavy atom. The molecule has 1 aromatic carbocycles. The standard InChI is InChI=1S/C29H38BrNO4/c1-4-7-18(14-20-15-21(30)10-11-24(20)32)9-12-25-26-19(8-5-2)16-22-27(23(26)17-35-25)29(34)31(13-6-3)28(22)33/h10-11,14-15,22-23,25,27,32H,4-9,12-13,16-17H2,1-3H3/b18-14+/t22-,23+,25-,27-/m1/s1. The molecule has 0 saturated carbocycles. The number of benzene rings is 1. The fraction of sp³-hybridized carbons (Fsp3) is 0.586. The van der Waals surface area contributed by atoms with Crippen LogP contribution in [0, 0.1) is 17.8 Å². The van der Waals surface area contributed by atoms with E-state index in [4.69, 9.17) is 4.74 Å². The van der Waals surface area contributed by atoms with Crippen molar-refractivity contribution in [2.45, 2.75) is 78.2 Å². The highest BCUT2D eigenvalue weighted by Crippen LogP contribution is 2.50. The fourth-order valence-electron chi connectivity index (χ4n) is 6.29. The Labute approximate surface area is 217 Å². The molecule has 1 N–H and O–H groups in total. The van der Waals surface area contributed by atoms with Gasteiger partial charge in [-0.25, -0.2) is 0 Å². The van der Waals surface area contributed by atoms with Crippen LogP contribution in [0.2, 0.25) is 0 Å². The average molecular weight is 545 g/mol.